The minimum atomic E-state index is 0.627. The molecule has 0 amide bonds. The molecule has 2 rings (SSSR count). The number of rotatable bonds is 7. The van der Waals surface area contributed by atoms with Gasteiger partial charge >= 0.3 is 128 Å². The van der Waals surface area contributed by atoms with Crippen LogP contribution in [0.5, 0.6) is 0 Å². The van der Waals surface area contributed by atoms with E-state index in [0.29, 0.717) is 15.0 Å². The third-order valence-electron chi connectivity index (χ3n) is 3.01. The van der Waals surface area contributed by atoms with Crippen molar-refractivity contribution in [2.24, 2.45) is 4.99 Å². The number of aryl methyl sites for hydroxylation is 1. The van der Waals surface area contributed by atoms with Gasteiger partial charge in [0.15, 0.2) is 0 Å². The Morgan fingerprint density at radius 3 is 2.45 bits per heavy atom. The fourth-order valence-electron chi connectivity index (χ4n) is 1.83. The van der Waals surface area contributed by atoms with Gasteiger partial charge in [-0.1, -0.05) is 0 Å². The van der Waals surface area contributed by atoms with E-state index in [-0.39, 0.29) is 0 Å². The van der Waals surface area contributed by atoms with Crippen molar-refractivity contribution in [1.29, 1.82) is 0 Å². The van der Waals surface area contributed by atoms with E-state index in [1.165, 1.54) is 33.7 Å². The van der Waals surface area contributed by atoms with Crippen molar-refractivity contribution in [2.45, 2.75) is 25.1 Å². The molecule has 0 saturated heterocycles. The van der Waals surface area contributed by atoms with E-state index in [9.17, 15) is 0 Å². The van der Waals surface area contributed by atoms with Crippen LogP contribution in [0.1, 0.15) is 24.0 Å². The third kappa shape index (κ3) is 5.73. The molecule has 2 heteroatoms. The average molecular weight is 330 g/mol. The maximum absolute atomic E-state index is 4.50. The zero-order chi connectivity index (χ0) is 14.0. The Morgan fingerprint density at radius 1 is 0.950 bits per heavy atom. The molecule has 0 radical (unpaired) electrons. The van der Waals surface area contributed by atoms with Crippen LogP contribution in [-0.2, 0) is 0 Å². The first-order valence-corrected chi connectivity index (χ1v) is 9.16. The van der Waals surface area contributed by atoms with Gasteiger partial charge in [-0.05, 0) is 0 Å². The third-order valence-corrected chi connectivity index (χ3v) is 5.32. The van der Waals surface area contributed by atoms with Crippen LogP contribution in [0, 0.1) is 6.92 Å². The van der Waals surface area contributed by atoms with E-state index in [0.717, 1.165) is 6.54 Å². The van der Waals surface area contributed by atoms with Crippen molar-refractivity contribution in [3.8, 4) is 0 Å². The number of unbranched alkanes of at least 4 members (excludes halogenated alkanes) is 1. The summed E-state index contributed by atoms with van der Waals surface area (Å²) in [6.07, 6.45) is 4.46. The Bertz CT molecular complexity index is 517. The quantitative estimate of drug-likeness (QED) is 0.417. The Morgan fingerprint density at radius 2 is 1.70 bits per heavy atom. The molecule has 20 heavy (non-hydrogen) atoms. The Kier molecular flexibility index (Phi) is 6.56. The molecule has 0 N–H and O–H groups in total. The molecular formula is C18H21NSe. The van der Waals surface area contributed by atoms with Gasteiger partial charge in [0.25, 0.3) is 0 Å². The van der Waals surface area contributed by atoms with Crippen LogP contribution in [0.2, 0.25) is 5.32 Å². The molecule has 0 aliphatic rings. The summed E-state index contributed by atoms with van der Waals surface area (Å²) in [5.41, 5.74) is 2.49. The monoisotopic (exact) mass is 331 g/mol. The molecule has 104 valence electrons. The number of benzene rings is 2. The second-order valence-corrected chi connectivity index (χ2v) is 7.27. The zero-order valence-corrected chi connectivity index (χ0v) is 13.7. The molecule has 0 saturated carbocycles. The van der Waals surface area contributed by atoms with Gasteiger partial charge in [0.2, 0.25) is 0 Å². The van der Waals surface area contributed by atoms with Crippen molar-refractivity contribution < 1.29 is 0 Å². The molecule has 0 atom stereocenters. The van der Waals surface area contributed by atoms with Crippen molar-refractivity contribution in [3.63, 3.8) is 0 Å². The van der Waals surface area contributed by atoms with Crippen LogP contribution in [0.15, 0.2) is 59.6 Å². The molecule has 1 nitrogen and oxygen atoms in total. The fraction of sp³-hybridized carbons (Fsp3) is 0.278. The zero-order valence-electron chi connectivity index (χ0n) is 12.0. The predicted octanol–water partition coefficient (Wildman–Crippen LogP) is 3.64. The van der Waals surface area contributed by atoms with Crippen LogP contribution in [0.4, 0.5) is 0 Å². The minimum absolute atomic E-state index is 0.627. The fourth-order valence-corrected chi connectivity index (χ4v) is 3.79. The number of hydrogen-bond donors (Lipinski definition) is 0. The van der Waals surface area contributed by atoms with E-state index in [4.69, 9.17) is 0 Å². The number of nitrogens with zero attached hydrogens (tertiary/aromatic N) is 1. The van der Waals surface area contributed by atoms with Crippen LogP contribution < -0.4 is 4.46 Å². The molecule has 0 aliphatic carbocycles. The van der Waals surface area contributed by atoms with Crippen LogP contribution in [0.25, 0.3) is 0 Å². The van der Waals surface area contributed by atoms with Gasteiger partial charge in [0.1, 0.15) is 0 Å². The van der Waals surface area contributed by atoms with Crippen LogP contribution in [-0.4, -0.2) is 27.7 Å². The first-order valence-electron chi connectivity index (χ1n) is 7.09. The molecule has 2 aromatic rings. The van der Waals surface area contributed by atoms with Gasteiger partial charge < -0.3 is 0 Å². The predicted molar refractivity (Wildman–Crippen MR) is 89.5 cm³/mol. The molecule has 0 heterocycles. The second kappa shape index (κ2) is 8.73. The summed E-state index contributed by atoms with van der Waals surface area (Å²) in [5.74, 6) is 0. The van der Waals surface area contributed by atoms with Crippen LogP contribution in [0.3, 0.4) is 0 Å². The molecule has 0 aliphatic heterocycles. The molecule has 2 aromatic carbocycles. The molecule has 0 unspecified atom stereocenters. The Hall–Kier alpha value is -1.37. The van der Waals surface area contributed by atoms with Crippen LogP contribution >= 0.6 is 0 Å². The summed E-state index contributed by atoms with van der Waals surface area (Å²) in [6.45, 7) is 3.05. The van der Waals surface area contributed by atoms with E-state index in [2.05, 4.69) is 66.5 Å². The molecule has 0 spiro atoms. The number of hydrogen-bond acceptors (Lipinski definition) is 1. The maximum atomic E-state index is 4.50. The standard InChI is InChI=1S/C18H21NSe/c1-16-9-11-17(12-10-16)15-19-13-5-6-14-20-18-7-3-2-4-8-18/h2-4,7-12,15H,5-6,13-14H2,1H3. The van der Waals surface area contributed by atoms with Gasteiger partial charge in [-0.25, -0.2) is 0 Å². The van der Waals surface area contributed by atoms with Crippen molar-refractivity contribution >= 4 is 25.6 Å². The average Bonchev–Trinajstić information content (AvgIpc) is 2.49. The normalized spacial score (nSPS) is 11.1. The molecule has 0 bridgehead atoms. The van der Waals surface area contributed by atoms with E-state index in [1.807, 2.05) is 6.21 Å². The van der Waals surface area contributed by atoms with E-state index >= 15 is 0 Å². The second-order valence-electron chi connectivity index (χ2n) is 4.81. The van der Waals surface area contributed by atoms with Gasteiger partial charge in [0, 0.05) is 0 Å². The van der Waals surface area contributed by atoms with Gasteiger partial charge in [-0.3, -0.25) is 0 Å². The topological polar surface area (TPSA) is 12.4 Å². The van der Waals surface area contributed by atoms with E-state index in [1.54, 1.807) is 0 Å². The molecule has 0 aromatic heterocycles. The molecular weight excluding hydrogens is 309 g/mol. The van der Waals surface area contributed by atoms with E-state index < -0.39 is 0 Å². The summed E-state index contributed by atoms with van der Waals surface area (Å²) in [4.78, 5) is 4.50. The van der Waals surface area contributed by atoms with Gasteiger partial charge in [-0.2, -0.15) is 0 Å². The Labute approximate surface area is 128 Å². The van der Waals surface area contributed by atoms with Gasteiger partial charge in [-0.15, -0.1) is 0 Å². The van der Waals surface area contributed by atoms with Crippen molar-refractivity contribution in [2.75, 3.05) is 6.54 Å². The van der Waals surface area contributed by atoms with Gasteiger partial charge in [0.05, 0.1) is 0 Å². The summed E-state index contributed by atoms with van der Waals surface area (Å²) in [5, 5.41) is 1.32. The summed E-state index contributed by atoms with van der Waals surface area (Å²) < 4.78 is 1.50. The number of aliphatic imine (C=N–C) groups is 1. The first-order chi connectivity index (χ1) is 9.84. The molecule has 0 fully saturated rings. The first kappa shape index (κ1) is 15.0. The van der Waals surface area contributed by atoms with Crippen molar-refractivity contribution in [1.82, 2.24) is 0 Å². The summed E-state index contributed by atoms with van der Waals surface area (Å²) in [6, 6.07) is 19.3. The summed E-state index contributed by atoms with van der Waals surface area (Å²) >= 11 is 0.627. The van der Waals surface area contributed by atoms with Crippen molar-refractivity contribution in [3.05, 3.63) is 65.7 Å². The SMILES string of the molecule is Cc1ccc(C=NCCCC[Se]c2ccccc2)cc1. The summed E-state index contributed by atoms with van der Waals surface area (Å²) in [7, 11) is 0. The Balaban J connectivity index is 1.58.